The summed E-state index contributed by atoms with van der Waals surface area (Å²) in [5.74, 6) is 2.48. The molecule has 1 N–H and O–H groups in total. The van der Waals surface area contributed by atoms with Gasteiger partial charge in [-0.3, -0.25) is 0 Å². The third-order valence-electron chi connectivity index (χ3n) is 1.90. The molecule has 1 aromatic carbocycles. The first-order valence-corrected chi connectivity index (χ1v) is 6.88. The van der Waals surface area contributed by atoms with Crippen LogP contribution in [0.2, 0.25) is 0 Å². The van der Waals surface area contributed by atoms with Crippen LogP contribution >= 0.6 is 34.4 Å². The van der Waals surface area contributed by atoms with E-state index in [4.69, 9.17) is 5.11 Å². The molecule has 78 valence electrons. The highest BCUT2D eigenvalue weighted by molar-refractivity contribution is 14.1. The maximum atomic E-state index is 8.85. The molecule has 1 rings (SSSR count). The summed E-state index contributed by atoms with van der Waals surface area (Å²) in [6, 6.07) is 8.59. The van der Waals surface area contributed by atoms with Gasteiger partial charge < -0.3 is 5.11 Å². The van der Waals surface area contributed by atoms with Crippen molar-refractivity contribution in [2.45, 2.75) is 12.7 Å². The van der Waals surface area contributed by atoms with Gasteiger partial charge in [-0.1, -0.05) is 19.1 Å². The minimum atomic E-state index is 0.291. The molecule has 0 heterocycles. The van der Waals surface area contributed by atoms with Gasteiger partial charge in [0.1, 0.15) is 0 Å². The Labute approximate surface area is 103 Å². The quantitative estimate of drug-likeness (QED) is 0.841. The van der Waals surface area contributed by atoms with Crippen molar-refractivity contribution >= 4 is 34.4 Å². The zero-order valence-electron chi connectivity index (χ0n) is 8.24. The molecule has 0 aliphatic rings. The third-order valence-corrected chi connectivity index (χ3v) is 3.96. The molecular formula is C11H15IOS. The molecule has 0 bridgehead atoms. The van der Waals surface area contributed by atoms with E-state index in [1.165, 1.54) is 9.13 Å². The summed E-state index contributed by atoms with van der Waals surface area (Å²) in [6.45, 7) is 2.36. The van der Waals surface area contributed by atoms with Crippen LogP contribution in [-0.2, 0) is 5.75 Å². The Morgan fingerprint density at radius 3 is 2.57 bits per heavy atom. The summed E-state index contributed by atoms with van der Waals surface area (Å²) in [5.41, 5.74) is 1.36. The van der Waals surface area contributed by atoms with E-state index in [-0.39, 0.29) is 0 Å². The average Bonchev–Trinajstić information content (AvgIpc) is 2.21. The monoisotopic (exact) mass is 322 g/mol. The highest BCUT2D eigenvalue weighted by Gasteiger charge is 2.00. The maximum absolute atomic E-state index is 8.85. The van der Waals surface area contributed by atoms with Crippen LogP contribution in [0.3, 0.4) is 0 Å². The second-order valence-electron chi connectivity index (χ2n) is 3.43. The minimum absolute atomic E-state index is 0.291. The zero-order valence-corrected chi connectivity index (χ0v) is 11.2. The fourth-order valence-electron chi connectivity index (χ4n) is 1.01. The van der Waals surface area contributed by atoms with Crippen LogP contribution in [0.25, 0.3) is 0 Å². The summed E-state index contributed by atoms with van der Waals surface area (Å²) >= 11 is 4.19. The normalized spacial score (nSPS) is 12.8. The largest absolute Gasteiger partial charge is 0.396 e. The Kier molecular flexibility index (Phi) is 5.89. The predicted molar refractivity (Wildman–Crippen MR) is 71.6 cm³/mol. The number of aliphatic hydroxyl groups excluding tert-OH is 1. The Hall–Kier alpha value is 0.260. The van der Waals surface area contributed by atoms with Crippen LogP contribution in [0, 0.1) is 9.49 Å². The molecule has 1 unspecified atom stereocenters. The van der Waals surface area contributed by atoms with Crippen molar-refractivity contribution in [1.82, 2.24) is 0 Å². The lowest BCUT2D eigenvalue weighted by Gasteiger charge is -2.06. The number of hydrogen-bond donors (Lipinski definition) is 1. The van der Waals surface area contributed by atoms with Crippen molar-refractivity contribution in [2.75, 3.05) is 12.4 Å². The van der Waals surface area contributed by atoms with Crippen LogP contribution in [0.15, 0.2) is 24.3 Å². The Morgan fingerprint density at radius 1 is 1.36 bits per heavy atom. The molecule has 0 radical (unpaired) electrons. The number of aliphatic hydroxyl groups is 1. The second kappa shape index (κ2) is 6.69. The van der Waals surface area contributed by atoms with Gasteiger partial charge in [-0.05, 0) is 52.0 Å². The second-order valence-corrected chi connectivity index (χ2v) is 5.71. The van der Waals surface area contributed by atoms with Crippen molar-refractivity contribution in [3.63, 3.8) is 0 Å². The lowest BCUT2D eigenvalue weighted by atomic mass is 10.2. The van der Waals surface area contributed by atoms with E-state index in [1.54, 1.807) is 0 Å². The molecule has 14 heavy (non-hydrogen) atoms. The Morgan fingerprint density at radius 2 is 2.00 bits per heavy atom. The molecule has 1 atom stereocenters. The molecule has 0 aromatic heterocycles. The molecular weight excluding hydrogens is 307 g/mol. The van der Waals surface area contributed by atoms with Gasteiger partial charge in [-0.15, -0.1) is 0 Å². The van der Waals surface area contributed by atoms with Gasteiger partial charge in [-0.2, -0.15) is 11.8 Å². The summed E-state index contributed by atoms with van der Waals surface area (Å²) < 4.78 is 1.28. The predicted octanol–water partition coefficient (Wildman–Crippen LogP) is 3.15. The summed E-state index contributed by atoms with van der Waals surface area (Å²) in [6.07, 6.45) is 0. The van der Waals surface area contributed by atoms with Gasteiger partial charge in [0, 0.05) is 15.9 Å². The van der Waals surface area contributed by atoms with Gasteiger partial charge in [0.05, 0.1) is 0 Å². The molecule has 0 saturated carbocycles. The van der Waals surface area contributed by atoms with Gasteiger partial charge in [0.2, 0.25) is 0 Å². The molecule has 0 saturated heterocycles. The molecule has 0 spiro atoms. The first-order valence-electron chi connectivity index (χ1n) is 4.65. The number of hydrogen-bond acceptors (Lipinski definition) is 2. The summed E-state index contributed by atoms with van der Waals surface area (Å²) in [4.78, 5) is 0. The van der Waals surface area contributed by atoms with Crippen LogP contribution < -0.4 is 0 Å². The fraction of sp³-hybridized carbons (Fsp3) is 0.455. The smallest absolute Gasteiger partial charge is 0.0464 e. The molecule has 0 amide bonds. The van der Waals surface area contributed by atoms with Crippen LogP contribution in [0.4, 0.5) is 0 Å². The van der Waals surface area contributed by atoms with Gasteiger partial charge in [-0.25, -0.2) is 0 Å². The standard InChI is InChI=1S/C11H15IOS/c1-9(6-13)7-14-8-10-2-4-11(12)5-3-10/h2-5,9,13H,6-8H2,1H3. The van der Waals surface area contributed by atoms with E-state index in [0.29, 0.717) is 12.5 Å². The lowest BCUT2D eigenvalue weighted by molar-refractivity contribution is 0.250. The highest BCUT2D eigenvalue weighted by Crippen LogP contribution is 2.16. The van der Waals surface area contributed by atoms with E-state index < -0.39 is 0 Å². The van der Waals surface area contributed by atoms with E-state index in [9.17, 15) is 0 Å². The molecule has 3 heteroatoms. The van der Waals surface area contributed by atoms with Crippen LogP contribution in [-0.4, -0.2) is 17.5 Å². The summed E-state index contributed by atoms with van der Waals surface area (Å²) in [7, 11) is 0. The molecule has 1 nitrogen and oxygen atoms in total. The molecule has 0 aliphatic heterocycles. The Bertz CT molecular complexity index is 260. The number of rotatable bonds is 5. The van der Waals surface area contributed by atoms with E-state index in [0.717, 1.165) is 11.5 Å². The first-order chi connectivity index (χ1) is 6.72. The highest BCUT2D eigenvalue weighted by atomic mass is 127. The van der Waals surface area contributed by atoms with Crippen molar-refractivity contribution < 1.29 is 5.11 Å². The number of halogens is 1. The van der Waals surface area contributed by atoms with Crippen molar-refractivity contribution in [1.29, 1.82) is 0 Å². The van der Waals surface area contributed by atoms with E-state index >= 15 is 0 Å². The van der Waals surface area contributed by atoms with Crippen LogP contribution in [0.5, 0.6) is 0 Å². The summed E-state index contributed by atoms with van der Waals surface area (Å²) in [5, 5.41) is 8.85. The van der Waals surface area contributed by atoms with Crippen molar-refractivity contribution in [3.8, 4) is 0 Å². The van der Waals surface area contributed by atoms with Crippen molar-refractivity contribution in [2.24, 2.45) is 5.92 Å². The maximum Gasteiger partial charge on any atom is 0.0464 e. The molecule has 1 aromatic rings. The van der Waals surface area contributed by atoms with Crippen molar-refractivity contribution in [3.05, 3.63) is 33.4 Å². The third kappa shape index (κ3) is 4.66. The Balaban J connectivity index is 2.28. The van der Waals surface area contributed by atoms with Gasteiger partial charge in [0.15, 0.2) is 0 Å². The van der Waals surface area contributed by atoms with E-state index in [1.807, 2.05) is 11.8 Å². The SMILES string of the molecule is CC(CO)CSCc1ccc(I)cc1. The van der Waals surface area contributed by atoms with Gasteiger partial charge >= 0.3 is 0 Å². The first kappa shape index (κ1) is 12.3. The van der Waals surface area contributed by atoms with Crippen LogP contribution in [0.1, 0.15) is 12.5 Å². The van der Waals surface area contributed by atoms with Gasteiger partial charge in [0.25, 0.3) is 0 Å². The topological polar surface area (TPSA) is 20.2 Å². The zero-order chi connectivity index (χ0) is 10.4. The molecule has 0 aliphatic carbocycles. The number of thioether (sulfide) groups is 1. The lowest BCUT2D eigenvalue weighted by Crippen LogP contribution is -2.03. The molecule has 0 fully saturated rings. The van der Waals surface area contributed by atoms with E-state index in [2.05, 4.69) is 53.8 Å². The fourth-order valence-corrected chi connectivity index (χ4v) is 2.42. The average molecular weight is 322 g/mol. The number of benzene rings is 1. The minimum Gasteiger partial charge on any atom is -0.396 e.